The Morgan fingerprint density at radius 1 is 1.41 bits per heavy atom. The molecule has 0 saturated carbocycles. The molecule has 1 aliphatic rings. The van der Waals surface area contributed by atoms with Gasteiger partial charge in [-0.05, 0) is 37.1 Å². The highest BCUT2D eigenvalue weighted by molar-refractivity contribution is 6.00. The summed E-state index contributed by atoms with van der Waals surface area (Å²) >= 11 is 0. The molecule has 3 heterocycles. The number of piperidine rings is 1. The number of anilines is 3. The molecule has 0 aliphatic carbocycles. The molecule has 32 heavy (non-hydrogen) atoms. The minimum atomic E-state index is -0.251. The van der Waals surface area contributed by atoms with E-state index >= 15 is 0 Å². The van der Waals surface area contributed by atoms with Gasteiger partial charge in [0.2, 0.25) is 11.9 Å². The standard InChI is InChI=1S/C23H25N7O2/c1-4-22(31)27-16-7-8-19-18(10-16)28-23(29(19)2)30-9-5-6-17(14-30)26-21-11-20(32-3)15(12-24)13-25-21/h4,7-8,10-11,13,17H,1,5-6,9,14H2,2-3H3,(H,25,26)(H,27,31). The Labute approximate surface area is 186 Å². The highest BCUT2D eigenvalue weighted by atomic mass is 16.5. The Kier molecular flexibility index (Phi) is 5.94. The number of hydrogen-bond acceptors (Lipinski definition) is 7. The largest absolute Gasteiger partial charge is 0.495 e. The molecule has 0 bridgehead atoms. The van der Waals surface area contributed by atoms with E-state index in [1.807, 2.05) is 25.2 Å². The zero-order valence-corrected chi connectivity index (χ0v) is 18.1. The summed E-state index contributed by atoms with van der Waals surface area (Å²) in [6, 6.07) is 9.70. The van der Waals surface area contributed by atoms with Crippen molar-refractivity contribution in [3.05, 3.63) is 48.7 Å². The highest BCUT2D eigenvalue weighted by Crippen LogP contribution is 2.27. The van der Waals surface area contributed by atoms with Crippen molar-refractivity contribution in [2.45, 2.75) is 18.9 Å². The van der Waals surface area contributed by atoms with Crippen molar-refractivity contribution in [3.8, 4) is 11.8 Å². The van der Waals surface area contributed by atoms with Gasteiger partial charge in [-0.3, -0.25) is 4.79 Å². The molecule has 1 atom stereocenters. The molecule has 1 aromatic carbocycles. The van der Waals surface area contributed by atoms with E-state index < -0.39 is 0 Å². The number of fused-ring (bicyclic) bond motifs is 1. The van der Waals surface area contributed by atoms with Gasteiger partial charge in [-0.15, -0.1) is 0 Å². The van der Waals surface area contributed by atoms with E-state index in [2.05, 4.69) is 37.7 Å². The highest BCUT2D eigenvalue weighted by Gasteiger charge is 2.24. The lowest BCUT2D eigenvalue weighted by atomic mass is 10.1. The third-order valence-corrected chi connectivity index (χ3v) is 5.57. The normalized spacial score (nSPS) is 15.8. The molecule has 0 radical (unpaired) electrons. The number of carbonyl (C=O) groups is 1. The summed E-state index contributed by atoms with van der Waals surface area (Å²) in [5.41, 5.74) is 2.90. The van der Waals surface area contributed by atoms with Crippen LogP contribution < -0.4 is 20.3 Å². The van der Waals surface area contributed by atoms with E-state index in [0.29, 0.717) is 22.8 Å². The van der Waals surface area contributed by atoms with Crippen LogP contribution in [0.25, 0.3) is 11.0 Å². The minimum Gasteiger partial charge on any atom is -0.495 e. The second kappa shape index (κ2) is 8.98. The molecule has 0 spiro atoms. The van der Waals surface area contributed by atoms with Gasteiger partial charge in [0.05, 0.1) is 24.3 Å². The van der Waals surface area contributed by atoms with Crippen LogP contribution in [0.4, 0.5) is 17.5 Å². The van der Waals surface area contributed by atoms with Crippen LogP contribution in [0.15, 0.2) is 43.1 Å². The lowest BCUT2D eigenvalue weighted by Gasteiger charge is -2.34. The van der Waals surface area contributed by atoms with Crippen LogP contribution in [0.2, 0.25) is 0 Å². The van der Waals surface area contributed by atoms with Gasteiger partial charge in [0.25, 0.3) is 0 Å². The summed E-state index contributed by atoms with van der Waals surface area (Å²) in [6.07, 6.45) is 4.78. The Bertz CT molecular complexity index is 1210. The van der Waals surface area contributed by atoms with Crippen molar-refractivity contribution in [1.82, 2.24) is 14.5 Å². The summed E-state index contributed by atoms with van der Waals surface area (Å²) in [6.45, 7) is 5.15. The van der Waals surface area contributed by atoms with E-state index in [4.69, 9.17) is 15.0 Å². The first-order valence-electron chi connectivity index (χ1n) is 10.4. The van der Waals surface area contributed by atoms with Gasteiger partial charge in [-0.25, -0.2) is 9.97 Å². The van der Waals surface area contributed by atoms with E-state index in [9.17, 15) is 4.79 Å². The number of hydrogen-bond donors (Lipinski definition) is 2. The van der Waals surface area contributed by atoms with Gasteiger partial charge in [0.15, 0.2) is 0 Å². The third kappa shape index (κ3) is 4.21. The first kappa shape index (κ1) is 21.2. The average molecular weight is 432 g/mol. The Morgan fingerprint density at radius 3 is 3.00 bits per heavy atom. The van der Waals surface area contributed by atoms with Crippen LogP contribution in [-0.4, -0.2) is 46.7 Å². The predicted molar refractivity (Wildman–Crippen MR) is 124 cm³/mol. The van der Waals surface area contributed by atoms with E-state index in [0.717, 1.165) is 42.9 Å². The van der Waals surface area contributed by atoms with Crippen LogP contribution in [0, 0.1) is 11.3 Å². The maximum absolute atomic E-state index is 11.6. The lowest BCUT2D eigenvalue weighted by Crippen LogP contribution is -2.43. The van der Waals surface area contributed by atoms with Crippen LogP contribution in [0.5, 0.6) is 5.75 Å². The van der Waals surface area contributed by atoms with Crippen molar-refractivity contribution in [2.75, 3.05) is 35.7 Å². The molecule has 1 fully saturated rings. The van der Waals surface area contributed by atoms with Gasteiger partial charge in [-0.1, -0.05) is 6.58 Å². The molecule has 1 saturated heterocycles. The van der Waals surface area contributed by atoms with Crippen molar-refractivity contribution >= 4 is 34.4 Å². The number of aromatic nitrogens is 3. The van der Waals surface area contributed by atoms with Crippen LogP contribution in [0.3, 0.4) is 0 Å². The Balaban J connectivity index is 1.53. The van der Waals surface area contributed by atoms with Gasteiger partial charge in [0, 0.05) is 37.9 Å². The summed E-state index contributed by atoms with van der Waals surface area (Å²) in [5, 5.41) is 15.4. The van der Waals surface area contributed by atoms with Gasteiger partial charge in [0.1, 0.15) is 23.2 Å². The third-order valence-electron chi connectivity index (χ3n) is 5.57. The molecule has 2 aromatic heterocycles. The fraction of sp³-hybridized carbons (Fsp3) is 0.304. The van der Waals surface area contributed by atoms with E-state index in [1.165, 1.54) is 12.3 Å². The number of ether oxygens (including phenoxy) is 1. The molecule has 164 valence electrons. The number of nitriles is 1. The number of nitrogens with one attached hydrogen (secondary N) is 2. The van der Waals surface area contributed by atoms with Gasteiger partial charge >= 0.3 is 0 Å². The summed E-state index contributed by atoms with van der Waals surface area (Å²) < 4.78 is 7.36. The molecule has 9 nitrogen and oxygen atoms in total. The van der Waals surface area contributed by atoms with E-state index in [1.54, 1.807) is 13.2 Å². The fourth-order valence-corrected chi connectivity index (χ4v) is 4.00. The Morgan fingerprint density at radius 2 is 2.25 bits per heavy atom. The minimum absolute atomic E-state index is 0.177. The fourth-order valence-electron chi connectivity index (χ4n) is 4.00. The first-order valence-corrected chi connectivity index (χ1v) is 10.4. The van der Waals surface area contributed by atoms with Crippen molar-refractivity contribution in [3.63, 3.8) is 0 Å². The number of pyridine rings is 1. The maximum atomic E-state index is 11.6. The summed E-state index contributed by atoms with van der Waals surface area (Å²) in [5.74, 6) is 1.82. The SMILES string of the molecule is C=CC(=O)Nc1ccc2c(c1)nc(N1CCCC(Nc3cc(OC)c(C#N)cn3)C1)n2C. The van der Waals surface area contributed by atoms with Crippen LogP contribution in [-0.2, 0) is 11.8 Å². The molecule has 4 rings (SSSR count). The Hall–Kier alpha value is -4.06. The topological polar surface area (TPSA) is 108 Å². The molecule has 1 amide bonds. The second-order valence-electron chi connectivity index (χ2n) is 7.68. The molecular formula is C23H25N7O2. The van der Waals surface area contributed by atoms with E-state index in [-0.39, 0.29) is 11.9 Å². The number of rotatable bonds is 6. The number of imidazole rings is 1. The number of amides is 1. The number of methoxy groups -OCH3 is 1. The average Bonchev–Trinajstić information content (AvgIpc) is 3.14. The van der Waals surface area contributed by atoms with Crippen molar-refractivity contribution in [2.24, 2.45) is 7.05 Å². The van der Waals surface area contributed by atoms with Gasteiger partial charge < -0.3 is 24.8 Å². The second-order valence-corrected chi connectivity index (χ2v) is 7.68. The quantitative estimate of drug-likeness (QED) is 0.578. The number of aryl methyl sites for hydroxylation is 1. The monoisotopic (exact) mass is 431 g/mol. The zero-order chi connectivity index (χ0) is 22.7. The molecule has 9 heteroatoms. The number of nitrogens with zero attached hydrogens (tertiary/aromatic N) is 5. The molecule has 1 aliphatic heterocycles. The van der Waals surface area contributed by atoms with Crippen LogP contribution in [0.1, 0.15) is 18.4 Å². The molecule has 3 aromatic rings. The van der Waals surface area contributed by atoms with Crippen molar-refractivity contribution < 1.29 is 9.53 Å². The predicted octanol–water partition coefficient (Wildman–Crippen LogP) is 3.05. The van der Waals surface area contributed by atoms with Gasteiger partial charge in [-0.2, -0.15) is 5.26 Å². The molecule has 1 unspecified atom stereocenters. The van der Waals surface area contributed by atoms with Crippen LogP contribution >= 0.6 is 0 Å². The zero-order valence-electron chi connectivity index (χ0n) is 18.1. The molecular weight excluding hydrogens is 406 g/mol. The lowest BCUT2D eigenvalue weighted by molar-refractivity contribution is -0.111. The number of carbonyl (C=O) groups excluding carboxylic acids is 1. The smallest absolute Gasteiger partial charge is 0.247 e. The number of benzene rings is 1. The van der Waals surface area contributed by atoms with Crippen molar-refractivity contribution in [1.29, 1.82) is 5.26 Å². The summed E-state index contributed by atoms with van der Waals surface area (Å²) in [4.78, 5) is 23.0. The summed E-state index contributed by atoms with van der Waals surface area (Å²) in [7, 11) is 3.54. The molecule has 2 N–H and O–H groups in total. The maximum Gasteiger partial charge on any atom is 0.247 e. The first-order chi connectivity index (χ1) is 15.5.